The second-order valence-electron chi connectivity index (χ2n) is 3.12. The quantitative estimate of drug-likeness (QED) is 0.521. The standard InChI is InChI=1S/C8H14N2/c1-2-10-5-7-3-4-8(6-10)9-7/h3-4,7-9H,2,5-6H2,1H3. The minimum atomic E-state index is 0.638. The van der Waals surface area contributed by atoms with Gasteiger partial charge in [0.15, 0.2) is 0 Å². The fraction of sp³-hybridized carbons (Fsp3) is 0.750. The number of hydrogen-bond acceptors (Lipinski definition) is 2. The second-order valence-corrected chi connectivity index (χ2v) is 3.12. The Hall–Kier alpha value is -0.340. The zero-order valence-corrected chi connectivity index (χ0v) is 6.38. The van der Waals surface area contributed by atoms with Crippen molar-refractivity contribution in [3.63, 3.8) is 0 Å². The smallest absolute Gasteiger partial charge is 0.0384 e. The van der Waals surface area contributed by atoms with E-state index in [1.807, 2.05) is 0 Å². The van der Waals surface area contributed by atoms with Crippen molar-refractivity contribution in [3.8, 4) is 0 Å². The van der Waals surface area contributed by atoms with Crippen LogP contribution in [0.2, 0.25) is 0 Å². The largest absolute Gasteiger partial charge is 0.302 e. The normalized spacial score (nSPS) is 38.9. The van der Waals surface area contributed by atoms with Gasteiger partial charge in [-0.05, 0) is 6.54 Å². The summed E-state index contributed by atoms with van der Waals surface area (Å²) in [5.41, 5.74) is 0. The van der Waals surface area contributed by atoms with Crippen molar-refractivity contribution in [2.24, 2.45) is 0 Å². The van der Waals surface area contributed by atoms with E-state index in [0.29, 0.717) is 12.1 Å². The van der Waals surface area contributed by atoms with Crippen LogP contribution in [0.5, 0.6) is 0 Å². The van der Waals surface area contributed by atoms with Gasteiger partial charge >= 0.3 is 0 Å². The lowest BCUT2D eigenvalue weighted by Gasteiger charge is -2.31. The molecule has 0 amide bonds. The van der Waals surface area contributed by atoms with Crippen LogP contribution in [0.25, 0.3) is 0 Å². The van der Waals surface area contributed by atoms with Crippen LogP contribution in [0.4, 0.5) is 0 Å². The summed E-state index contributed by atoms with van der Waals surface area (Å²) in [6.07, 6.45) is 4.58. The highest BCUT2D eigenvalue weighted by Gasteiger charge is 2.26. The number of nitrogens with zero attached hydrogens (tertiary/aromatic N) is 1. The first-order valence-corrected chi connectivity index (χ1v) is 4.05. The molecule has 2 aliphatic rings. The molecule has 0 spiro atoms. The second kappa shape index (κ2) is 2.36. The van der Waals surface area contributed by atoms with E-state index in [1.165, 1.54) is 19.6 Å². The summed E-state index contributed by atoms with van der Waals surface area (Å²) in [6.45, 7) is 5.81. The molecule has 2 heterocycles. The Kier molecular flexibility index (Phi) is 1.51. The topological polar surface area (TPSA) is 15.3 Å². The molecule has 2 atom stereocenters. The first-order chi connectivity index (χ1) is 4.88. The van der Waals surface area contributed by atoms with Crippen LogP contribution in [-0.4, -0.2) is 36.6 Å². The van der Waals surface area contributed by atoms with Gasteiger partial charge in [0, 0.05) is 25.2 Å². The van der Waals surface area contributed by atoms with Crippen molar-refractivity contribution < 1.29 is 0 Å². The van der Waals surface area contributed by atoms with Gasteiger partial charge in [-0.2, -0.15) is 0 Å². The van der Waals surface area contributed by atoms with E-state index < -0.39 is 0 Å². The molecular weight excluding hydrogens is 124 g/mol. The Morgan fingerprint density at radius 1 is 1.40 bits per heavy atom. The van der Waals surface area contributed by atoms with Crippen LogP contribution in [0.1, 0.15) is 6.92 Å². The van der Waals surface area contributed by atoms with Gasteiger partial charge in [-0.15, -0.1) is 0 Å². The summed E-state index contributed by atoms with van der Waals surface area (Å²) in [7, 11) is 0. The van der Waals surface area contributed by atoms with Crippen molar-refractivity contribution in [2.45, 2.75) is 19.0 Å². The number of likely N-dealkylation sites (N-methyl/N-ethyl adjacent to an activating group) is 1. The fourth-order valence-electron chi connectivity index (χ4n) is 1.77. The lowest BCUT2D eigenvalue weighted by Crippen LogP contribution is -2.51. The molecule has 0 aromatic rings. The van der Waals surface area contributed by atoms with Gasteiger partial charge in [0.1, 0.15) is 0 Å². The molecule has 2 bridgehead atoms. The van der Waals surface area contributed by atoms with Crippen LogP contribution < -0.4 is 5.32 Å². The van der Waals surface area contributed by atoms with Crippen molar-refractivity contribution >= 4 is 0 Å². The Balaban J connectivity index is 2.01. The third kappa shape index (κ3) is 0.976. The predicted molar refractivity (Wildman–Crippen MR) is 42.0 cm³/mol. The third-order valence-corrected chi connectivity index (χ3v) is 2.36. The number of rotatable bonds is 1. The number of fused-ring (bicyclic) bond motifs is 2. The van der Waals surface area contributed by atoms with Crippen LogP contribution in [0, 0.1) is 0 Å². The highest BCUT2D eigenvalue weighted by molar-refractivity contribution is 5.13. The maximum Gasteiger partial charge on any atom is 0.0384 e. The molecule has 0 saturated carbocycles. The van der Waals surface area contributed by atoms with Crippen LogP contribution in [0.15, 0.2) is 12.2 Å². The zero-order chi connectivity index (χ0) is 6.97. The Morgan fingerprint density at radius 2 is 2.00 bits per heavy atom. The Bertz CT molecular complexity index is 139. The van der Waals surface area contributed by atoms with Gasteiger partial charge in [-0.1, -0.05) is 19.1 Å². The summed E-state index contributed by atoms with van der Waals surface area (Å²) in [6, 6.07) is 1.28. The monoisotopic (exact) mass is 138 g/mol. The average Bonchev–Trinajstić information content (AvgIpc) is 2.30. The maximum absolute atomic E-state index is 3.50. The first kappa shape index (κ1) is 6.38. The summed E-state index contributed by atoms with van der Waals surface area (Å²) >= 11 is 0. The number of nitrogens with one attached hydrogen (secondary N) is 1. The number of hydrogen-bond donors (Lipinski definition) is 1. The molecule has 0 aromatic carbocycles. The molecule has 1 saturated heterocycles. The molecule has 0 aromatic heterocycles. The number of piperazine rings is 1. The SMILES string of the molecule is CCN1CC2C=CC(C1)N2. The third-order valence-electron chi connectivity index (χ3n) is 2.36. The summed E-state index contributed by atoms with van der Waals surface area (Å²) in [5.74, 6) is 0. The van der Waals surface area contributed by atoms with Crippen molar-refractivity contribution in [2.75, 3.05) is 19.6 Å². The molecule has 0 aliphatic carbocycles. The molecule has 2 nitrogen and oxygen atoms in total. The lowest BCUT2D eigenvalue weighted by molar-refractivity contribution is 0.214. The van der Waals surface area contributed by atoms with Crippen molar-refractivity contribution in [1.82, 2.24) is 10.2 Å². The molecular formula is C8H14N2. The Labute approximate surface area is 61.9 Å². The van der Waals surface area contributed by atoms with Crippen LogP contribution in [-0.2, 0) is 0 Å². The van der Waals surface area contributed by atoms with Crippen molar-refractivity contribution in [1.29, 1.82) is 0 Å². The van der Waals surface area contributed by atoms with Gasteiger partial charge in [-0.25, -0.2) is 0 Å². The molecule has 2 rings (SSSR count). The summed E-state index contributed by atoms with van der Waals surface area (Å²) in [5, 5.41) is 3.50. The Morgan fingerprint density at radius 3 is 2.50 bits per heavy atom. The fourth-order valence-corrected chi connectivity index (χ4v) is 1.77. The first-order valence-electron chi connectivity index (χ1n) is 4.05. The molecule has 1 N–H and O–H groups in total. The van der Waals surface area contributed by atoms with E-state index in [-0.39, 0.29) is 0 Å². The van der Waals surface area contributed by atoms with Gasteiger partial charge in [0.25, 0.3) is 0 Å². The van der Waals surface area contributed by atoms with E-state index >= 15 is 0 Å². The van der Waals surface area contributed by atoms with Crippen LogP contribution in [0.3, 0.4) is 0 Å². The summed E-state index contributed by atoms with van der Waals surface area (Å²) < 4.78 is 0. The van der Waals surface area contributed by atoms with Gasteiger partial charge < -0.3 is 5.32 Å². The van der Waals surface area contributed by atoms with Gasteiger partial charge in [-0.3, -0.25) is 4.90 Å². The molecule has 10 heavy (non-hydrogen) atoms. The minimum Gasteiger partial charge on any atom is -0.302 e. The van der Waals surface area contributed by atoms with Gasteiger partial charge in [0.05, 0.1) is 0 Å². The van der Waals surface area contributed by atoms with Crippen LogP contribution >= 0.6 is 0 Å². The van der Waals surface area contributed by atoms with E-state index in [9.17, 15) is 0 Å². The van der Waals surface area contributed by atoms with E-state index in [1.54, 1.807) is 0 Å². The van der Waals surface area contributed by atoms with E-state index in [2.05, 4.69) is 29.3 Å². The van der Waals surface area contributed by atoms with Crippen molar-refractivity contribution in [3.05, 3.63) is 12.2 Å². The highest BCUT2D eigenvalue weighted by atomic mass is 15.2. The molecule has 0 radical (unpaired) electrons. The maximum atomic E-state index is 3.50. The predicted octanol–water partition coefficient (Wildman–Crippen LogP) is 0.218. The molecule has 2 unspecified atom stereocenters. The molecule has 2 heteroatoms. The van der Waals surface area contributed by atoms with Gasteiger partial charge in [0.2, 0.25) is 0 Å². The zero-order valence-electron chi connectivity index (χ0n) is 6.38. The minimum absolute atomic E-state index is 0.638. The summed E-state index contributed by atoms with van der Waals surface area (Å²) in [4.78, 5) is 2.49. The molecule has 1 fully saturated rings. The lowest BCUT2D eigenvalue weighted by atomic mass is 10.2. The average molecular weight is 138 g/mol. The van der Waals surface area contributed by atoms with E-state index in [0.717, 1.165) is 0 Å². The highest BCUT2D eigenvalue weighted by Crippen LogP contribution is 2.12. The molecule has 56 valence electrons. The van der Waals surface area contributed by atoms with E-state index in [4.69, 9.17) is 0 Å². The molecule has 2 aliphatic heterocycles.